The Kier molecular flexibility index (Phi) is 2.94. The Morgan fingerprint density at radius 1 is 1.08 bits per heavy atom. The van der Waals surface area contributed by atoms with Gasteiger partial charge in [0.25, 0.3) is 9.05 Å². The summed E-state index contributed by atoms with van der Waals surface area (Å²) in [4.78, 5) is -0.0613. The summed E-state index contributed by atoms with van der Waals surface area (Å²) in [6.07, 6.45) is 0. The van der Waals surface area contributed by atoms with Crippen molar-refractivity contribution in [3.63, 3.8) is 0 Å². The molecule has 7 heteroatoms. The van der Waals surface area contributed by atoms with Crippen LogP contribution >= 0.6 is 10.7 Å². The minimum absolute atomic E-state index is 0.0547. The summed E-state index contributed by atoms with van der Waals surface area (Å²) in [6.45, 7) is 0. The molecule has 0 aliphatic carbocycles. The number of hydrogen-bond donors (Lipinski definition) is 1. The van der Waals surface area contributed by atoms with Crippen molar-refractivity contribution >= 4 is 30.4 Å². The highest BCUT2D eigenvalue weighted by atomic mass is 35.7. The quantitative estimate of drug-likeness (QED) is 0.607. The van der Waals surface area contributed by atoms with E-state index in [1.54, 1.807) is 0 Å². The minimum Gasteiger partial charge on any atom is -0.227 e. The molecule has 0 spiro atoms. The maximum Gasteiger partial charge on any atom is 0.261 e. The topological polar surface area (TPSA) is 68.3 Å². The third kappa shape index (κ3) is 2.68. The molecule has 0 aliphatic heterocycles. The van der Waals surface area contributed by atoms with E-state index in [-0.39, 0.29) is 9.79 Å². The first-order valence-electron chi connectivity index (χ1n) is 3.10. The molecular weight excluding hydrogens is 236 g/mol. The van der Waals surface area contributed by atoms with Crippen LogP contribution in [-0.4, -0.2) is 16.8 Å². The number of halogens is 1. The lowest BCUT2D eigenvalue weighted by Crippen LogP contribution is -1.90. The molecule has 0 atom stereocenters. The summed E-state index contributed by atoms with van der Waals surface area (Å²) in [7, 11) is -1.44. The molecule has 0 bridgehead atoms. The van der Waals surface area contributed by atoms with E-state index in [1.165, 1.54) is 12.1 Å². The standard InChI is InChI=1S/C6H5ClO4S2/c7-13(10,11)6-3-1-5(2-4-6)12(8)9/h1-4,12H. The fourth-order valence-corrected chi connectivity index (χ4v) is 1.89. The van der Waals surface area contributed by atoms with Crippen LogP contribution < -0.4 is 0 Å². The first kappa shape index (κ1) is 10.5. The van der Waals surface area contributed by atoms with Gasteiger partial charge in [-0.05, 0) is 24.3 Å². The first-order valence-corrected chi connectivity index (χ1v) is 6.59. The van der Waals surface area contributed by atoms with Crippen molar-refractivity contribution in [3.8, 4) is 0 Å². The van der Waals surface area contributed by atoms with Crippen molar-refractivity contribution in [3.05, 3.63) is 24.3 Å². The van der Waals surface area contributed by atoms with Gasteiger partial charge in [-0.15, -0.1) is 0 Å². The SMILES string of the molecule is O=[SH](=O)c1ccc(S(=O)(=O)Cl)cc1. The fourth-order valence-electron chi connectivity index (χ4n) is 0.730. The molecule has 0 saturated carbocycles. The van der Waals surface area contributed by atoms with Gasteiger partial charge in [0.1, 0.15) is 0 Å². The normalized spacial score (nSPS) is 11.8. The van der Waals surface area contributed by atoms with Crippen LogP contribution in [0.2, 0.25) is 0 Å². The van der Waals surface area contributed by atoms with Crippen LogP contribution in [0.3, 0.4) is 0 Å². The van der Waals surface area contributed by atoms with Crippen molar-refractivity contribution in [2.24, 2.45) is 0 Å². The van der Waals surface area contributed by atoms with Crippen LogP contribution in [0.4, 0.5) is 0 Å². The van der Waals surface area contributed by atoms with Crippen molar-refractivity contribution in [1.82, 2.24) is 0 Å². The van der Waals surface area contributed by atoms with E-state index in [0.717, 1.165) is 12.1 Å². The van der Waals surface area contributed by atoms with Gasteiger partial charge in [0.2, 0.25) is 0 Å². The molecule has 1 aromatic rings. The fraction of sp³-hybridized carbons (Fsp3) is 0. The average molecular weight is 241 g/mol. The van der Waals surface area contributed by atoms with Gasteiger partial charge in [-0.3, -0.25) is 0 Å². The molecule has 72 valence electrons. The van der Waals surface area contributed by atoms with Crippen LogP contribution in [0, 0.1) is 0 Å². The smallest absolute Gasteiger partial charge is 0.227 e. The van der Waals surface area contributed by atoms with E-state index in [4.69, 9.17) is 10.7 Å². The van der Waals surface area contributed by atoms with Crippen LogP contribution in [0.15, 0.2) is 34.1 Å². The van der Waals surface area contributed by atoms with Gasteiger partial charge in [-0.2, -0.15) is 0 Å². The van der Waals surface area contributed by atoms with E-state index >= 15 is 0 Å². The van der Waals surface area contributed by atoms with Gasteiger partial charge in [0, 0.05) is 10.7 Å². The van der Waals surface area contributed by atoms with E-state index < -0.39 is 19.8 Å². The van der Waals surface area contributed by atoms with E-state index in [0.29, 0.717) is 0 Å². The summed E-state index contributed by atoms with van der Waals surface area (Å²) >= 11 is 0. The minimum atomic E-state index is -3.77. The zero-order valence-electron chi connectivity index (χ0n) is 6.18. The van der Waals surface area contributed by atoms with Crippen LogP contribution in [0.1, 0.15) is 0 Å². The van der Waals surface area contributed by atoms with Crippen LogP contribution in [0.5, 0.6) is 0 Å². The Morgan fingerprint density at radius 2 is 1.54 bits per heavy atom. The molecular formula is C6H5ClO4S2. The zero-order chi connectivity index (χ0) is 10.1. The Labute approximate surface area is 81.5 Å². The molecule has 0 aromatic heterocycles. The zero-order valence-corrected chi connectivity index (χ0v) is 8.64. The molecule has 4 nitrogen and oxygen atoms in total. The molecule has 0 saturated heterocycles. The van der Waals surface area contributed by atoms with Gasteiger partial charge in [0.15, 0.2) is 10.7 Å². The predicted octanol–water partition coefficient (Wildman–Crippen LogP) is 0.584. The summed E-state index contributed by atoms with van der Waals surface area (Å²) in [5, 5.41) is 0. The third-order valence-corrected chi connectivity index (χ3v) is 3.42. The second-order valence-electron chi connectivity index (χ2n) is 2.19. The predicted molar refractivity (Wildman–Crippen MR) is 48.1 cm³/mol. The van der Waals surface area contributed by atoms with Gasteiger partial charge >= 0.3 is 0 Å². The maximum absolute atomic E-state index is 10.7. The number of thiol groups is 1. The van der Waals surface area contributed by atoms with Gasteiger partial charge in [-0.1, -0.05) is 0 Å². The van der Waals surface area contributed by atoms with Gasteiger partial charge in [0.05, 0.1) is 9.79 Å². The monoisotopic (exact) mass is 240 g/mol. The lowest BCUT2D eigenvalue weighted by atomic mass is 10.4. The number of benzene rings is 1. The highest BCUT2D eigenvalue weighted by molar-refractivity contribution is 8.13. The largest absolute Gasteiger partial charge is 0.261 e. The van der Waals surface area contributed by atoms with E-state index in [9.17, 15) is 16.8 Å². The Morgan fingerprint density at radius 3 is 1.85 bits per heavy atom. The van der Waals surface area contributed by atoms with Crippen molar-refractivity contribution in [1.29, 1.82) is 0 Å². The summed E-state index contributed by atoms with van der Waals surface area (Å²) in [6, 6.07) is 4.65. The molecule has 1 aromatic carbocycles. The molecule has 0 fully saturated rings. The Bertz CT molecular complexity index is 464. The van der Waals surface area contributed by atoms with Gasteiger partial charge < -0.3 is 0 Å². The highest BCUT2D eigenvalue weighted by Crippen LogP contribution is 2.15. The Hall–Kier alpha value is -0.590. The summed E-state index contributed by atoms with van der Waals surface area (Å²) in [5.74, 6) is 0. The van der Waals surface area contributed by atoms with Crippen molar-refractivity contribution in [2.45, 2.75) is 9.79 Å². The summed E-state index contributed by atoms with van der Waals surface area (Å²) < 4.78 is 42.3. The lowest BCUT2D eigenvalue weighted by Gasteiger charge is -1.94. The third-order valence-electron chi connectivity index (χ3n) is 1.33. The number of rotatable bonds is 2. The van der Waals surface area contributed by atoms with Crippen LogP contribution in [-0.2, 0) is 19.8 Å². The Balaban J connectivity index is 3.23. The lowest BCUT2D eigenvalue weighted by molar-refractivity contribution is 0.608. The average Bonchev–Trinajstić information content (AvgIpc) is 2.03. The molecule has 0 unspecified atom stereocenters. The number of hydrogen-bond acceptors (Lipinski definition) is 4. The second kappa shape index (κ2) is 3.65. The van der Waals surface area contributed by atoms with Gasteiger partial charge in [-0.25, -0.2) is 16.8 Å². The molecule has 0 amide bonds. The van der Waals surface area contributed by atoms with E-state index in [2.05, 4.69) is 0 Å². The summed E-state index contributed by atoms with van der Waals surface area (Å²) in [5.41, 5.74) is 0. The highest BCUT2D eigenvalue weighted by Gasteiger charge is 2.08. The molecule has 0 N–H and O–H groups in total. The van der Waals surface area contributed by atoms with E-state index in [1.807, 2.05) is 0 Å². The molecule has 0 aliphatic rings. The molecule has 13 heavy (non-hydrogen) atoms. The molecule has 0 heterocycles. The van der Waals surface area contributed by atoms with Crippen molar-refractivity contribution < 1.29 is 16.8 Å². The van der Waals surface area contributed by atoms with Crippen LogP contribution in [0.25, 0.3) is 0 Å². The second-order valence-corrected chi connectivity index (χ2v) is 5.79. The first-order chi connectivity index (χ1) is 5.91. The maximum atomic E-state index is 10.7. The van der Waals surface area contributed by atoms with Crippen molar-refractivity contribution in [2.75, 3.05) is 0 Å². The molecule has 1 rings (SSSR count). The molecule has 0 radical (unpaired) electrons.